The van der Waals surface area contributed by atoms with E-state index in [9.17, 15) is 0 Å². The number of nitrogens with zero attached hydrogens (tertiary/aromatic N) is 1. The van der Waals surface area contributed by atoms with Crippen LogP contribution in [0.25, 0.3) is 0 Å². The number of rotatable bonds is 5. The third-order valence-corrected chi connectivity index (χ3v) is 3.77. The van der Waals surface area contributed by atoms with Crippen molar-refractivity contribution in [3.8, 4) is 11.5 Å². The molecule has 0 aliphatic carbocycles. The first-order chi connectivity index (χ1) is 9.65. The smallest absolute Gasteiger partial charge is 0.142 e. The number of hydrogen-bond donors (Lipinski definition) is 1. The molecule has 2 atom stereocenters. The van der Waals surface area contributed by atoms with E-state index in [0.29, 0.717) is 25.3 Å². The van der Waals surface area contributed by atoms with Crippen LogP contribution >= 0.6 is 0 Å². The quantitative estimate of drug-likeness (QED) is 0.899. The molecular formula is C16H26N2O2. The molecule has 1 fully saturated rings. The van der Waals surface area contributed by atoms with Crippen molar-refractivity contribution in [1.29, 1.82) is 0 Å². The topological polar surface area (TPSA) is 47.7 Å². The summed E-state index contributed by atoms with van der Waals surface area (Å²) in [6.45, 7) is 8.55. The first kappa shape index (κ1) is 15.0. The van der Waals surface area contributed by atoms with E-state index in [1.807, 2.05) is 26.0 Å². The molecule has 1 heterocycles. The van der Waals surface area contributed by atoms with Crippen molar-refractivity contribution in [3.05, 3.63) is 18.2 Å². The molecule has 2 rings (SSSR count). The zero-order chi connectivity index (χ0) is 14.5. The Kier molecular flexibility index (Phi) is 5.12. The maximum absolute atomic E-state index is 6.06. The first-order valence-electron chi connectivity index (χ1n) is 7.57. The molecule has 0 bridgehead atoms. The molecule has 0 saturated carbocycles. The fourth-order valence-corrected chi connectivity index (χ4v) is 2.82. The SMILES string of the molecule is CCOc1ccc(OCC)c(N2CCC(N)CC2C)c1. The van der Waals surface area contributed by atoms with Gasteiger partial charge in [0.2, 0.25) is 0 Å². The zero-order valence-electron chi connectivity index (χ0n) is 12.8. The monoisotopic (exact) mass is 278 g/mol. The van der Waals surface area contributed by atoms with Gasteiger partial charge in [-0.15, -0.1) is 0 Å². The van der Waals surface area contributed by atoms with Crippen molar-refractivity contribution in [2.45, 2.75) is 45.7 Å². The average Bonchev–Trinajstić information content (AvgIpc) is 2.41. The van der Waals surface area contributed by atoms with Gasteiger partial charge in [0.05, 0.1) is 18.9 Å². The molecule has 1 aliphatic heterocycles. The molecule has 0 spiro atoms. The molecule has 2 N–H and O–H groups in total. The number of hydrogen-bond acceptors (Lipinski definition) is 4. The van der Waals surface area contributed by atoms with E-state index in [-0.39, 0.29) is 0 Å². The van der Waals surface area contributed by atoms with Crippen LogP contribution in [0.1, 0.15) is 33.6 Å². The average molecular weight is 278 g/mol. The number of nitrogens with two attached hydrogens (primary N) is 1. The molecule has 1 aliphatic rings. The van der Waals surface area contributed by atoms with Crippen molar-refractivity contribution in [2.75, 3.05) is 24.7 Å². The molecule has 2 unspecified atom stereocenters. The lowest BCUT2D eigenvalue weighted by atomic mass is 9.98. The van der Waals surface area contributed by atoms with Gasteiger partial charge in [0.25, 0.3) is 0 Å². The Bertz CT molecular complexity index is 436. The molecule has 4 heteroatoms. The first-order valence-corrected chi connectivity index (χ1v) is 7.57. The van der Waals surface area contributed by atoms with Gasteiger partial charge in [0, 0.05) is 24.7 Å². The summed E-state index contributed by atoms with van der Waals surface area (Å²) in [6, 6.07) is 6.80. The second kappa shape index (κ2) is 6.84. The summed E-state index contributed by atoms with van der Waals surface area (Å²) in [6.07, 6.45) is 2.04. The Hall–Kier alpha value is -1.42. The Morgan fingerprint density at radius 2 is 2.00 bits per heavy atom. The molecule has 1 saturated heterocycles. The van der Waals surface area contributed by atoms with Crippen molar-refractivity contribution < 1.29 is 9.47 Å². The van der Waals surface area contributed by atoms with Gasteiger partial charge in [-0.25, -0.2) is 0 Å². The lowest BCUT2D eigenvalue weighted by molar-refractivity contribution is 0.328. The summed E-state index contributed by atoms with van der Waals surface area (Å²) in [5, 5.41) is 0. The maximum atomic E-state index is 6.06. The molecule has 112 valence electrons. The standard InChI is InChI=1S/C16H26N2O2/c1-4-19-14-6-7-16(20-5-2)15(11-14)18-9-8-13(17)10-12(18)3/h6-7,11-13H,4-5,8-10,17H2,1-3H3. The maximum Gasteiger partial charge on any atom is 0.142 e. The van der Waals surface area contributed by atoms with Crippen molar-refractivity contribution in [1.82, 2.24) is 0 Å². The van der Waals surface area contributed by atoms with Gasteiger partial charge in [-0.2, -0.15) is 0 Å². The van der Waals surface area contributed by atoms with Crippen LogP contribution < -0.4 is 20.1 Å². The Balaban J connectivity index is 2.28. The molecule has 20 heavy (non-hydrogen) atoms. The Labute approximate surface area is 121 Å². The minimum Gasteiger partial charge on any atom is -0.494 e. The summed E-state index contributed by atoms with van der Waals surface area (Å²) < 4.78 is 11.4. The van der Waals surface area contributed by atoms with E-state index in [4.69, 9.17) is 15.2 Å². The van der Waals surface area contributed by atoms with Gasteiger partial charge in [0.1, 0.15) is 11.5 Å². The van der Waals surface area contributed by atoms with Gasteiger partial charge in [-0.1, -0.05) is 0 Å². The van der Waals surface area contributed by atoms with Gasteiger partial charge < -0.3 is 20.1 Å². The Morgan fingerprint density at radius 3 is 2.65 bits per heavy atom. The number of ether oxygens (including phenoxy) is 2. The van der Waals surface area contributed by atoms with E-state index in [1.54, 1.807) is 0 Å². The third kappa shape index (κ3) is 3.37. The van der Waals surface area contributed by atoms with E-state index in [2.05, 4.69) is 17.9 Å². The molecule has 1 aromatic carbocycles. The van der Waals surface area contributed by atoms with Crippen molar-refractivity contribution in [3.63, 3.8) is 0 Å². The molecule has 0 radical (unpaired) electrons. The summed E-state index contributed by atoms with van der Waals surface area (Å²) in [7, 11) is 0. The molecule has 0 aromatic heterocycles. The highest BCUT2D eigenvalue weighted by Crippen LogP contribution is 2.36. The minimum absolute atomic E-state index is 0.312. The lowest BCUT2D eigenvalue weighted by Gasteiger charge is -2.38. The van der Waals surface area contributed by atoms with Gasteiger partial charge >= 0.3 is 0 Å². The van der Waals surface area contributed by atoms with Crippen LogP contribution in [0.2, 0.25) is 0 Å². The van der Waals surface area contributed by atoms with Crippen LogP contribution in [0.4, 0.5) is 5.69 Å². The van der Waals surface area contributed by atoms with Crippen molar-refractivity contribution >= 4 is 5.69 Å². The fraction of sp³-hybridized carbons (Fsp3) is 0.625. The van der Waals surface area contributed by atoms with Crippen LogP contribution in [0.3, 0.4) is 0 Å². The van der Waals surface area contributed by atoms with E-state index >= 15 is 0 Å². The second-order valence-corrected chi connectivity index (χ2v) is 5.32. The normalized spacial score (nSPS) is 22.7. The van der Waals surface area contributed by atoms with Gasteiger partial charge in [-0.05, 0) is 45.7 Å². The minimum atomic E-state index is 0.312. The van der Waals surface area contributed by atoms with Crippen LogP contribution in [0.15, 0.2) is 18.2 Å². The van der Waals surface area contributed by atoms with Crippen LogP contribution in [0, 0.1) is 0 Å². The number of anilines is 1. The molecule has 4 nitrogen and oxygen atoms in total. The van der Waals surface area contributed by atoms with Crippen LogP contribution in [-0.2, 0) is 0 Å². The highest BCUT2D eigenvalue weighted by Gasteiger charge is 2.25. The predicted molar refractivity (Wildman–Crippen MR) is 82.8 cm³/mol. The molecule has 0 amide bonds. The summed E-state index contributed by atoms with van der Waals surface area (Å²) in [4.78, 5) is 2.39. The summed E-state index contributed by atoms with van der Waals surface area (Å²) in [5.74, 6) is 1.83. The lowest BCUT2D eigenvalue weighted by Crippen LogP contribution is -2.45. The predicted octanol–water partition coefficient (Wildman–Crippen LogP) is 2.80. The highest BCUT2D eigenvalue weighted by molar-refractivity contribution is 5.62. The van der Waals surface area contributed by atoms with E-state index < -0.39 is 0 Å². The highest BCUT2D eigenvalue weighted by atomic mass is 16.5. The third-order valence-electron chi connectivity index (χ3n) is 3.77. The van der Waals surface area contributed by atoms with Crippen molar-refractivity contribution in [2.24, 2.45) is 5.73 Å². The Morgan fingerprint density at radius 1 is 1.25 bits per heavy atom. The van der Waals surface area contributed by atoms with E-state index in [1.165, 1.54) is 0 Å². The second-order valence-electron chi connectivity index (χ2n) is 5.32. The van der Waals surface area contributed by atoms with Gasteiger partial charge in [0.15, 0.2) is 0 Å². The fourth-order valence-electron chi connectivity index (χ4n) is 2.82. The van der Waals surface area contributed by atoms with Gasteiger partial charge in [-0.3, -0.25) is 0 Å². The van der Waals surface area contributed by atoms with Crippen LogP contribution in [0.5, 0.6) is 11.5 Å². The summed E-state index contributed by atoms with van der Waals surface area (Å²) in [5.41, 5.74) is 7.18. The molecule has 1 aromatic rings. The summed E-state index contributed by atoms with van der Waals surface area (Å²) >= 11 is 0. The zero-order valence-corrected chi connectivity index (χ0v) is 12.8. The van der Waals surface area contributed by atoms with Crippen LogP contribution in [-0.4, -0.2) is 31.8 Å². The largest absolute Gasteiger partial charge is 0.494 e. The molecular weight excluding hydrogens is 252 g/mol. The number of piperidine rings is 1. The van der Waals surface area contributed by atoms with E-state index in [0.717, 1.165) is 36.6 Å². The number of benzene rings is 1.